The molecule has 1 rings (SSSR count). The molecule has 5 heteroatoms. The lowest BCUT2D eigenvalue weighted by atomic mass is 10.2. The van der Waals surface area contributed by atoms with Gasteiger partial charge in [0.05, 0.1) is 12.6 Å². The predicted octanol–water partition coefficient (Wildman–Crippen LogP) is -0.913. The van der Waals surface area contributed by atoms with E-state index in [0.29, 0.717) is 6.61 Å². The molecule has 1 fully saturated rings. The summed E-state index contributed by atoms with van der Waals surface area (Å²) in [5.41, 5.74) is 2.16. The number of carbonyl (C=O) groups is 1. The van der Waals surface area contributed by atoms with Gasteiger partial charge in [-0.25, -0.2) is 5.84 Å². The number of amides is 1. The molecule has 76 valence electrons. The zero-order chi connectivity index (χ0) is 9.68. The number of nitrogens with one attached hydrogen (secondary N) is 1. The van der Waals surface area contributed by atoms with Gasteiger partial charge in [0.25, 0.3) is 5.91 Å². The molecule has 13 heavy (non-hydrogen) atoms. The van der Waals surface area contributed by atoms with Gasteiger partial charge in [-0.1, -0.05) is 0 Å². The van der Waals surface area contributed by atoms with Crippen LogP contribution in [0.25, 0.3) is 0 Å². The monoisotopic (exact) mass is 187 g/mol. The normalized spacial score (nSPS) is 22.0. The van der Waals surface area contributed by atoms with Gasteiger partial charge in [-0.15, -0.1) is 0 Å². The average Bonchev–Trinajstić information content (AvgIpc) is 2.43. The van der Waals surface area contributed by atoms with Crippen LogP contribution in [0.4, 0.5) is 0 Å². The summed E-state index contributed by atoms with van der Waals surface area (Å²) in [4.78, 5) is 13.3. The third-order valence-corrected chi connectivity index (χ3v) is 2.33. The Balaban J connectivity index is 2.43. The third kappa shape index (κ3) is 2.95. The van der Waals surface area contributed by atoms with Crippen molar-refractivity contribution in [3.8, 4) is 0 Å². The highest BCUT2D eigenvalue weighted by atomic mass is 16.5. The molecule has 0 spiro atoms. The molecule has 0 aromatic carbocycles. The maximum atomic E-state index is 11.2. The standard InChI is InChI=1S/C8H17N3O2/c1-7(8(12)10-9)11-3-2-5-13-6-4-11/h7H,2-6,9H2,1H3,(H,10,12). The lowest BCUT2D eigenvalue weighted by Gasteiger charge is -2.24. The van der Waals surface area contributed by atoms with Crippen LogP contribution in [0.5, 0.6) is 0 Å². The van der Waals surface area contributed by atoms with E-state index in [1.54, 1.807) is 0 Å². The Morgan fingerprint density at radius 1 is 1.54 bits per heavy atom. The number of hydrazine groups is 1. The second-order valence-electron chi connectivity index (χ2n) is 3.19. The highest BCUT2D eigenvalue weighted by Gasteiger charge is 2.21. The van der Waals surface area contributed by atoms with Gasteiger partial charge in [-0.3, -0.25) is 15.1 Å². The average molecular weight is 187 g/mol. The number of nitrogens with two attached hydrogens (primary N) is 1. The molecule has 1 aliphatic rings. The van der Waals surface area contributed by atoms with E-state index in [0.717, 1.165) is 26.1 Å². The molecule has 0 aliphatic carbocycles. The van der Waals surface area contributed by atoms with Gasteiger partial charge >= 0.3 is 0 Å². The van der Waals surface area contributed by atoms with E-state index in [2.05, 4.69) is 10.3 Å². The van der Waals surface area contributed by atoms with Crippen LogP contribution in [0.15, 0.2) is 0 Å². The Labute approximate surface area is 78.2 Å². The van der Waals surface area contributed by atoms with E-state index in [1.165, 1.54) is 0 Å². The number of rotatable bonds is 2. The summed E-state index contributed by atoms with van der Waals surface area (Å²) >= 11 is 0. The summed E-state index contributed by atoms with van der Waals surface area (Å²) in [6, 6.07) is -0.160. The summed E-state index contributed by atoms with van der Waals surface area (Å²) in [7, 11) is 0. The molecule has 0 saturated carbocycles. The lowest BCUT2D eigenvalue weighted by Crippen LogP contribution is -2.48. The highest BCUT2D eigenvalue weighted by Crippen LogP contribution is 2.04. The van der Waals surface area contributed by atoms with E-state index in [1.807, 2.05) is 6.92 Å². The number of nitrogens with zero attached hydrogens (tertiary/aromatic N) is 1. The quantitative estimate of drug-likeness (QED) is 0.333. The SMILES string of the molecule is CC(C(=O)NN)N1CCCOCC1. The first-order valence-electron chi connectivity index (χ1n) is 4.58. The molecule has 1 saturated heterocycles. The Hall–Kier alpha value is -0.650. The number of ether oxygens (including phenoxy) is 1. The van der Waals surface area contributed by atoms with E-state index >= 15 is 0 Å². The van der Waals surface area contributed by atoms with Gasteiger partial charge < -0.3 is 4.74 Å². The maximum Gasteiger partial charge on any atom is 0.250 e. The van der Waals surface area contributed by atoms with Gasteiger partial charge in [0.15, 0.2) is 0 Å². The van der Waals surface area contributed by atoms with Gasteiger partial charge in [0.2, 0.25) is 0 Å². The fourth-order valence-corrected chi connectivity index (χ4v) is 1.44. The van der Waals surface area contributed by atoms with Gasteiger partial charge in [-0.05, 0) is 13.3 Å². The Kier molecular flexibility index (Phi) is 4.14. The van der Waals surface area contributed by atoms with E-state index in [4.69, 9.17) is 10.6 Å². The van der Waals surface area contributed by atoms with Crippen molar-refractivity contribution >= 4 is 5.91 Å². The molecule has 3 N–H and O–H groups in total. The predicted molar refractivity (Wildman–Crippen MR) is 48.8 cm³/mol. The van der Waals surface area contributed by atoms with Crippen molar-refractivity contribution < 1.29 is 9.53 Å². The van der Waals surface area contributed by atoms with Crippen molar-refractivity contribution in [1.29, 1.82) is 0 Å². The van der Waals surface area contributed by atoms with Crippen molar-refractivity contribution in [2.45, 2.75) is 19.4 Å². The summed E-state index contributed by atoms with van der Waals surface area (Å²) in [5.74, 6) is 4.92. The molecule has 1 unspecified atom stereocenters. The lowest BCUT2D eigenvalue weighted by molar-refractivity contribution is -0.125. The molecule has 0 radical (unpaired) electrons. The zero-order valence-electron chi connectivity index (χ0n) is 7.95. The third-order valence-electron chi connectivity index (χ3n) is 2.33. The summed E-state index contributed by atoms with van der Waals surface area (Å²) < 4.78 is 5.28. The van der Waals surface area contributed by atoms with Crippen LogP contribution < -0.4 is 11.3 Å². The first kappa shape index (κ1) is 10.4. The molecule has 0 aromatic heterocycles. The fraction of sp³-hybridized carbons (Fsp3) is 0.875. The zero-order valence-corrected chi connectivity index (χ0v) is 7.95. The first-order valence-corrected chi connectivity index (χ1v) is 4.58. The minimum Gasteiger partial charge on any atom is -0.380 e. The van der Waals surface area contributed by atoms with E-state index < -0.39 is 0 Å². The van der Waals surface area contributed by atoms with Crippen LogP contribution in [0, 0.1) is 0 Å². The Morgan fingerprint density at radius 2 is 2.31 bits per heavy atom. The van der Waals surface area contributed by atoms with Crippen LogP contribution in [-0.4, -0.2) is 43.2 Å². The molecule has 5 nitrogen and oxygen atoms in total. The number of carbonyl (C=O) groups excluding carboxylic acids is 1. The van der Waals surface area contributed by atoms with E-state index in [9.17, 15) is 4.79 Å². The first-order chi connectivity index (χ1) is 6.25. The van der Waals surface area contributed by atoms with Crippen LogP contribution in [0.3, 0.4) is 0 Å². The van der Waals surface area contributed by atoms with Crippen molar-refractivity contribution in [1.82, 2.24) is 10.3 Å². The molecule has 0 bridgehead atoms. The summed E-state index contributed by atoms with van der Waals surface area (Å²) in [5, 5.41) is 0. The second-order valence-corrected chi connectivity index (χ2v) is 3.19. The van der Waals surface area contributed by atoms with Gasteiger partial charge in [0.1, 0.15) is 0 Å². The second kappa shape index (κ2) is 5.16. The molecule has 1 aliphatic heterocycles. The molecular formula is C8H17N3O2. The highest BCUT2D eigenvalue weighted by molar-refractivity contribution is 5.80. The minimum absolute atomic E-state index is 0.137. The van der Waals surface area contributed by atoms with Crippen LogP contribution in [0.1, 0.15) is 13.3 Å². The van der Waals surface area contributed by atoms with Crippen molar-refractivity contribution in [2.24, 2.45) is 5.84 Å². The molecular weight excluding hydrogens is 170 g/mol. The van der Waals surface area contributed by atoms with Gasteiger partial charge in [0, 0.05) is 19.7 Å². The number of hydrogen-bond acceptors (Lipinski definition) is 4. The Bertz CT molecular complexity index is 167. The fourth-order valence-electron chi connectivity index (χ4n) is 1.44. The van der Waals surface area contributed by atoms with Crippen molar-refractivity contribution in [2.75, 3.05) is 26.3 Å². The van der Waals surface area contributed by atoms with Crippen molar-refractivity contribution in [3.05, 3.63) is 0 Å². The molecule has 1 amide bonds. The van der Waals surface area contributed by atoms with Gasteiger partial charge in [-0.2, -0.15) is 0 Å². The summed E-state index contributed by atoms with van der Waals surface area (Å²) in [6.07, 6.45) is 0.974. The van der Waals surface area contributed by atoms with Crippen LogP contribution in [-0.2, 0) is 9.53 Å². The van der Waals surface area contributed by atoms with Crippen LogP contribution in [0.2, 0.25) is 0 Å². The number of hydrogen-bond donors (Lipinski definition) is 2. The smallest absolute Gasteiger partial charge is 0.250 e. The Morgan fingerprint density at radius 3 is 3.00 bits per heavy atom. The molecule has 1 atom stereocenters. The van der Waals surface area contributed by atoms with Crippen molar-refractivity contribution in [3.63, 3.8) is 0 Å². The topological polar surface area (TPSA) is 67.6 Å². The maximum absolute atomic E-state index is 11.2. The van der Waals surface area contributed by atoms with Crippen LogP contribution >= 0.6 is 0 Å². The van der Waals surface area contributed by atoms with E-state index in [-0.39, 0.29) is 11.9 Å². The summed E-state index contributed by atoms with van der Waals surface area (Å²) in [6.45, 7) is 5.03. The minimum atomic E-state index is -0.160. The molecule has 0 aromatic rings. The molecule has 1 heterocycles. The largest absolute Gasteiger partial charge is 0.380 e.